The summed E-state index contributed by atoms with van der Waals surface area (Å²) in [6.45, 7) is 3.00. The molecule has 21 heavy (non-hydrogen) atoms. The summed E-state index contributed by atoms with van der Waals surface area (Å²) in [6, 6.07) is 5.98. The second-order valence-corrected chi connectivity index (χ2v) is 6.04. The third-order valence-electron chi connectivity index (χ3n) is 4.44. The number of nitrogen functional groups attached to an aromatic ring is 1. The number of nitrogens with zero attached hydrogens (tertiary/aromatic N) is 1. The fourth-order valence-electron chi connectivity index (χ4n) is 2.99. The molecule has 1 heterocycles. The van der Waals surface area contributed by atoms with Crippen LogP contribution < -0.4 is 15.8 Å². The van der Waals surface area contributed by atoms with Gasteiger partial charge in [-0.05, 0) is 49.9 Å². The number of nitrogens with one attached hydrogen (secondary N) is 1. The number of methoxy groups -OCH3 is 1. The summed E-state index contributed by atoms with van der Waals surface area (Å²) in [7, 11) is 1.58. The molecule has 2 fully saturated rings. The van der Waals surface area contributed by atoms with Gasteiger partial charge >= 0.3 is 0 Å². The van der Waals surface area contributed by atoms with E-state index in [2.05, 4.69) is 10.2 Å². The standard InChI is InChI=1S/C16H23N3O2/c1-21-13-4-5-15(17)14(8-13)16(20)18-9-11-6-7-19(10-11)12-2-3-12/h4-5,8,11-12H,2-3,6-7,9-10,17H2,1H3,(H,18,20). The van der Waals surface area contributed by atoms with Gasteiger partial charge in [0, 0.05) is 24.8 Å². The van der Waals surface area contributed by atoms with Gasteiger partial charge in [0.25, 0.3) is 5.91 Å². The summed E-state index contributed by atoms with van der Waals surface area (Å²) in [5.41, 5.74) is 6.85. The average Bonchev–Trinajstić information content (AvgIpc) is 3.24. The normalized spacial score (nSPS) is 22.2. The molecule has 1 aliphatic heterocycles. The monoisotopic (exact) mass is 289 g/mol. The van der Waals surface area contributed by atoms with Gasteiger partial charge in [0.05, 0.1) is 12.7 Å². The fourth-order valence-corrected chi connectivity index (χ4v) is 2.99. The van der Waals surface area contributed by atoms with Crippen molar-refractivity contribution in [2.75, 3.05) is 32.5 Å². The number of ether oxygens (including phenoxy) is 1. The van der Waals surface area contributed by atoms with E-state index in [4.69, 9.17) is 10.5 Å². The molecule has 3 N–H and O–H groups in total. The number of amides is 1. The van der Waals surface area contributed by atoms with Crippen molar-refractivity contribution in [1.82, 2.24) is 10.2 Å². The molecule has 0 radical (unpaired) electrons. The zero-order valence-electron chi connectivity index (χ0n) is 12.5. The Morgan fingerprint density at radius 1 is 1.43 bits per heavy atom. The zero-order chi connectivity index (χ0) is 14.8. The van der Waals surface area contributed by atoms with Crippen molar-refractivity contribution >= 4 is 11.6 Å². The average molecular weight is 289 g/mol. The maximum atomic E-state index is 12.3. The Balaban J connectivity index is 1.54. The molecule has 114 valence electrons. The van der Waals surface area contributed by atoms with E-state index in [9.17, 15) is 4.79 Å². The number of hydrogen-bond acceptors (Lipinski definition) is 4. The molecule has 5 heteroatoms. The molecule has 1 aliphatic carbocycles. The van der Waals surface area contributed by atoms with Crippen LogP contribution in [-0.4, -0.2) is 43.6 Å². The van der Waals surface area contributed by atoms with Crippen LogP contribution in [0.15, 0.2) is 18.2 Å². The molecule has 1 saturated heterocycles. The van der Waals surface area contributed by atoms with Gasteiger partial charge in [0.2, 0.25) is 0 Å². The van der Waals surface area contributed by atoms with Crippen LogP contribution in [0, 0.1) is 5.92 Å². The Hall–Kier alpha value is -1.75. The van der Waals surface area contributed by atoms with E-state index in [0.717, 1.165) is 19.1 Å². The molecule has 0 bridgehead atoms. The maximum absolute atomic E-state index is 12.3. The Morgan fingerprint density at radius 3 is 2.95 bits per heavy atom. The molecule has 1 aromatic rings. The van der Waals surface area contributed by atoms with Crippen LogP contribution in [0.25, 0.3) is 0 Å². The molecular weight excluding hydrogens is 266 g/mol. The second kappa shape index (κ2) is 5.93. The molecule has 1 atom stereocenters. The summed E-state index contributed by atoms with van der Waals surface area (Å²) in [6.07, 6.45) is 3.86. The van der Waals surface area contributed by atoms with Gasteiger partial charge in [0.1, 0.15) is 5.75 Å². The summed E-state index contributed by atoms with van der Waals surface area (Å²) >= 11 is 0. The van der Waals surface area contributed by atoms with Crippen LogP contribution in [0.5, 0.6) is 5.75 Å². The maximum Gasteiger partial charge on any atom is 0.253 e. The first kappa shape index (κ1) is 14.2. The predicted octanol–water partition coefficient (Wildman–Crippen LogP) is 1.49. The number of carbonyl (C=O) groups excluding carboxylic acids is 1. The minimum Gasteiger partial charge on any atom is -0.497 e. The van der Waals surface area contributed by atoms with Gasteiger partial charge in [-0.25, -0.2) is 0 Å². The first-order valence-corrected chi connectivity index (χ1v) is 7.63. The molecule has 5 nitrogen and oxygen atoms in total. The lowest BCUT2D eigenvalue weighted by Crippen LogP contribution is -2.31. The molecule has 0 spiro atoms. The van der Waals surface area contributed by atoms with Gasteiger partial charge in [-0.15, -0.1) is 0 Å². The molecule has 1 amide bonds. The van der Waals surface area contributed by atoms with Crippen molar-refractivity contribution in [1.29, 1.82) is 0 Å². The van der Waals surface area contributed by atoms with Crippen molar-refractivity contribution in [3.05, 3.63) is 23.8 Å². The molecule has 2 aliphatic rings. The number of rotatable bonds is 5. The number of nitrogens with two attached hydrogens (primary N) is 1. The minimum absolute atomic E-state index is 0.115. The van der Waals surface area contributed by atoms with Gasteiger partial charge in [-0.1, -0.05) is 0 Å². The summed E-state index contributed by atoms with van der Waals surface area (Å²) in [4.78, 5) is 14.8. The second-order valence-electron chi connectivity index (χ2n) is 6.04. The van der Waals surface area contributed by atoms with Gasteiger partial charge < -0.3 is 20.7 Å². The summed E-state index contributed by atoms with van der Waals surface area (Å²) < 4.78 is 5.14. The van der Waals surface area contributed by atoms with Crippen LogP contribution in [-0.2, 0) is 0 Å². The van der Waals surface area contributed by atoms with E-state index in [1.807, 2.05) is 0 Å². The summed E-state index contributed by atoms with van der Waals surface area (Å²) in [5.74, 6) is 1.09. The third kappa shape index (κ3) is 3.29. The Bertz CT molecular complexity index is 528. The van der Waals surface area contributed by atoms with E-state index in [-0.39, 0.29) is 5.91 Å². The van der Waals surface area contributed by atoms with Gasteiger partial charge in [-0.3, -0.25) is 4.79 Å². The van der Waals surface area contributed by atoms with Crippen LogP contribution >= 0.6 is 0 Å². The first-order valence-electron chi connectivity index (χ1n) is 7.63. The number of likely N-dealkylation sites (tertiary alicyclic amines) is 1. The van der Waals surface area contributed by atoms with E-state index < -0.39 is 0 Å². The number of hydrogen-bond donors (Lipinski definition) is 2. The topological polar surface area (TPSA) is 67.6 Å². The lowest BCUT2D eigenvalue weighted by Gasteiger charge is -2.15. The van der Waals surface area contributed by atoms with Gasteiger partial charge in [-0.2, -0.15) is 0 Å². The van der Waals surface area contributed by atoms with Crippen LogP contribution in [0.1, 0.15) is 29.6 Å². The highest BCUT2D eigenvalue weighted by atomic mass is 16.5. The first-order chi connectivity index (χ1) is 10.2. The predicted molar refractivity (Wildman–Crippen MR) is 82.4 cm³/mol. The number of carbonyl (C=O) groups is 1. The highest BCUT2D eigenvalue weighted by Gasteiger charge is 2.34. The molecular formula is C16H23N3O2. The SMILES string of the molecule is COc1ccc(N)c(C(=O)NCC2CCN(C3CC3)C2)c1. The van der Waals surface area contributed by atoms with Gasteiger partial charge in [0.15, 0.2) is 0 Å². The largest absolute Gasteiger partial charge is 0.497 e. The minimum atomic E-state index is -0.115. The van der Waals surface area contributed by atoms with E-state index >= 15 is 0 Å². The van der Waals surface area contributed by atoms with Crippen LogP contribution in [0.3, 0.4) is 0 Å². The Kier molecular flexibility index (Phi) is 4.01. The molecule has 1 unspecified atom stereocenters. The van der Waals surface area contributed by atoms with Crippen LogP contribution in [0.4, 0.5) is 5.69 Å². The Morgan fingerprint density at radius 2 is 2.24 bits per heavy atom. The zero-order valence-corrected chi connectivity index (χ0v) is 12.5. The van der Waals surface area contributed by atoms with E-state index in [1.165, 1.54) is 25.8 Å². The van der Waals surface area contributed by atoms with E-state index in [1.54, 1.807) is 25.3 Å². The molecule has 1 saturated carbocycles. The lowest BCUT2D eigenvalue weighted by molar-refractivity contribution is 0.0948. The van der Waals surface area contributed by atoms with Crippen molar-refractivity contribution < 1.29 is 9.53 Å². The van der Waals surface area contributed by atoms with Crippen LogP contribution in [0.2, 0.25) is 0 Å². The van der Waals surface area contributed by atoms with Crippen molar-refractivity contribution in [3.63, 3.8) is 0 Å². The van der Waals surface area contributed by atoms with Crippen molar-refractivity contribution in [2.45, 2.75) is 25.3 Å². The lowest BCUT2D eigenvalue weighted by atomic mass is 10.1. The third-order valence-corrected chi connectivity index (χ3v) is 4.44. The smallest absolute Gasteiger partial charge is 0.253 e. The number of benzene rings is 1. The quantitative estimate of drug-likeness (QED) is 0.806. The van der Waals surface area contributed by atoms with E-state index in [0.29, 0.717) is 22.9 Å². The van der Waals surface area contributed by atoms with Crippen molar-refractivity contribution in [2.24, 2.45) is 5.92 Å². The molecule has 1 aromatic carbocycles. The fraction of sp³-hybridized carbons (Fsp3) is 0.562. The Labute approximate surface area is 125 Å². The highest BCUT2D eigenvalue weighted by Crippen LogP contribution is 2.31. The summed E-state index contributed by atoms with van der Waals surface area (Å²) in [5, 5.41) is 3.01. The molecule has 0 aromatic heterocycles. The number of anilines is 1. The molecule has 3 rings (SSSR count). The highest BCUT2D eigenvalue weighted by molar-refractivity contribution is 5.99. The van der Waals surface area contributed by atoms with Crippen molar-refractivity contribution in [3.8, 4) is 5.75 Å².